The van der Waals surface area contributed by atoms with Crippen molar-refractivity contribution in [3.63, 3.8) is 0 Å². The number of ketones is 1. The molecule has 128 valence electrons. The number of benzene rings is 3. The molecule has 0 aromatic heterocycles. The molecule has 0 saturated heterocycles. The van der Waals surface area contributed by atoms with Crippen molar-refractivity contribution in [2.24, 2.45) is 5.92 Å². The molecule has 0 fully saturated rings. The third kappa shape index (κ3) is 2.50. The molecule has 0 spiro atoms. The summed E-state index contributed by atoms with van der Waals surface area (Å²) in [5, 5.41) is 0. The number of hydrogen-bond acceptors (Lipinski definition) is 1. The van der Waals surface area contributed by atoms with Gasteiger partial charge in [0.15, 0.2) is 0 Å². The van der Waals surface area contributed by atoms with E-state index in [9.17, 15) is 4.79 Å². The van der Waals surface area contributed by atoms with Crippen LogP contribution in [0.15, 0.2) is 78.9 Å². The number of fused-ring (bicyclic) bond motifs is 2. The Bertz CT molecular complexity index is 957. The van der Waals surface area contributed by atoms with Crippen LogP contribution in [0.2, 0.25) is 0 Å². The number of hydrogen-bond donors (Lipinski definition) is 0. The first kappa shape index (κ1) is 15.6. The summed E-state index contributed by atoms with van der Waals surface area (Å²) < 4.78 is 0. The lowest BCUT2D eigenvalue weighted by molar-refractivity contribution is -0.120. The van der Waals surface area contributed by atoms with Gasteiger partial charge in [0, 0.05) is 12.3 Å². The van der Waals surface area contributed by atoms with Crippen molar-refractivity contribution in [2.45, 2.75) is 31.1 Å². The highest BCUT2D eigenvalue weighted by Crippen LogP contribution is 2.49. The van der Waals surface area contributed by atoms with Crippen molar-refractivity contribution in [2.75, 3.05) is 0 Å². The van der Waals surface area contributed by atoms with E-state index >= 15 is 0 Å². The second kappa shape index (κ2) is 6.25. The molecule has 0 aliphatic heterocycles. The Morgan fingerprint density at radius 3 is 2.19 bits per heavy atom. The molecule has 26 heavy (non-hydrogen) atoms. The summed E-state index contributed by atoms with van der Waals surface area (Å²) in [4.78, 5) is 13.0. The van der Waals surface area contributed by atoms with Crippen LogP contribution in [0.25, 0.3) is 0 Å². The molecule has 1 heteroatoms. The highest BCUT2D eigenvalue weighted by Gasteiger charge is 2.44. The second-order valence-electron chi connectivity index (χ2n) is 7.68. The van der Waals surface area contributed by atoms with Crippen LogP contribution in [0, 0.1) is 5.92 Å². The fraction of sp³-hybridized carbons (Fsp3) is 0.240. The van der Waals surface area contributed by atoms with Gasteiger partial charge >= 0.3 is 0 Å². The molecule has 5 rings (SSSR count). The average Bonchev–Trinajstić information content (AvgIpc) is 3.19. The number of carbonyl (C=O) groups excluding carboxylic acids is 1. The van der Waals surface area contributed by atoms with Crippen LogP contribution < -0.4 is 0 Å². The lowest BCUT2D eigenvalue weighted by Gasteiger charge is -2.26. The lowest BCUT2D eigenvalue weighted by Crippen LogP contribution is -2.23. The van der Waals surface area contributed by atoms with Crippen LogP contribution in [-0.2, 0) is 24.1 Å². The Hall–Kier alpha value is -2.67. The van der Waals surface area contributed by atoms with E-state index in [4.69, 9.17) is 0 Å². The Morgan fingerprint density at radius 2 is 1.38 bits per heavy atom. The Kier molecular flexibility index (Phi) is 3.74. The zero-order valence-electron chi connectivity index (χ0n) is 14.8. The summed E-state index contributed by atoms with van der Waals surface area (Å²) in [7, 11) is 0. The van der Waals surface area contributed by atoms with Gasteiger partial charge in [-0.25, -0.2) is 0 Å². The van der Waals surface area contributed by atoms with Crippen LogP contribution in [0.4, 0.5) is 0 Å². The van der Waals surface area contributed by atoms with Crippen LogP contribution in [-0.4, -0.2) is 5.78 Å². The molecule has 3 aromatic carbocycles. The minimum absolute atomic E-state index is 0.0484. The van der Waals surface area contributed by atoms with Crippen molar-refractivity contribution in [3.8, 4) is 0 Å². The number of rotatable bonds is 3. The molecule has 3 aromatic rings. The third-order valence-electron chi connectivity index (χ3n) is 6.26. The molecular formula is C25H22O. The van der Waals surface area contributed by atoms with Gasteiger partial charge in [0.1, 0.15) is 5.78 Å². The zero-order chi connectivity index (χ0) is 17.5. The average molecular weight is 338 g/mol. The maximum absolute atomic E-state index is 13.0. The topological polar surface area (TPSA) is 17.1 Å². The smallest absolute Gasteiger partial charge is 0.145 e. The molecular weight excluding hydrogens is 316 g/mol. The molecule has 0 saturated carbocycles. The quantitative estimate of drug-likeness (QED) is 0.650. The van der Waals surface area contributed by atoms with Crippen molar-refractivity contribution in [3.05, 3.63) is 107 Å². The third-order valence-corrected chi connectivity index (χ3v) is 6.26. The molecule has 1 nitrogen and oxygen atoms in total. The van der Waals surface area contributed by atoms with Gasteiger partial charge in [-0.2, -0.15) is 0 Å². The summed E-state index contributed by atoms with van der Waals surface area (Å²) in [5.41, 5.74) is 6.73. The molecule has 0 heterocycles. The Balaban J connectivity index is 1.56. The highest BCUT2D eigenvalue weighted by molar-refractivity contribution is 5.93. The van der Waals surface area contributed by atoms with Crippen LogP contribution in [0.1, 0.15) is 39.7 Å². The molecule has 0 bridgehead atoms. The fourth-order valence-electron chi connectivity index (χ4n) is 5.13. The minimum atomic E-state index is 0.0484. The highest BCUT2D eigenvalue weighted by atomic mass is 16.1. The van der Waals surface area contributed by atoms with Crippen LogP contribution in [0.5, 0.6) is 0 Å². The van der Waals surface area contributed by atoms with E-state index in [1.165, 1.54) is 27.8 Å². The van der Waals surface area contributed by atoms with Gasteiger partial charge in [0.2, 0.25) is 0 Å². The molecule has 3 unspecified atom stereocenters. The summed E-state index contributed by atoms with van der Waals surface area (Å²) in [6.45, 7) is 0. The van der Waals surface area contributed by atoms with E-state index in [2.05, 4.69) is 78.9 Å². The Labute approximate surface area is 154 Å². The van der Waals surface area contributed by atoms with Crippen LogP contribution >= 0.6 is 0 Å². The van der Waals surface area contributed by atoms with Crippen LogP contribution in [0.3, 0.4) is 0 Å². The monoisotopic (exact) mass is 338 g/mol. The standard InChI is InChI=1S/C25H22O/c26-24-16-19-11-5-7-13-21(19)25(24)23-15-18-10-4-6-12-20(18)22(23)14-17-8-2-1-3-9-17/h1-13,22-23,25H,14-16H2. The molecule has 2 aliphatic rings. The summed E-state index contributed by atoms with van der Waals surface area (Å²) in [6, 6.07) is 27.9. The van der Waals surface area contributed by atoms with Gasteiger partial charge in [0.25, 0.3) is 0 Å². The Morgan fingerprint density at radius 1 is 0.731 bits per heavy atom. The first-order valence-electron chi connectivity index (χ1n) is 9.53. The second-order valence-corrected chi connectivity index (χ2v) is 7.68. The van der Waals surface area contributed by atoms with Crippen molar-refractivity contribution < 1.29 is 4.79 Å². The van der Waals surface area contributed by atoms with Crippen molar-refractivity contribution in [1.82, 2.24) is 0 Å². The minimum Gasteiger partial charge on any atom is -0.299 e. The lowest BCUT2D eigenvalue weighted by atomic mass is 9.76. The van der Waals surface area contributed by atoms with Crippen molar-refractivity contribution in [1.29, 1.82) is 0 Å². The largest absolute Gasteiger partial charge is 0.299 e. The van der Waals surface area contributed by atoms with E-state index < -0.39 is 0 Å². The number of carbonyl (C=O) groups is 1. The van der Waals surface area contributed by atoms with E-state index in [1.807, 2.05) is 0 Å². The maximum Gasteiger partial charge on any atom is 0.145 e. The molecule has 3 atom stereocenters. The van der Waals surface area contributed by atoms with Crippen molar-refractivity contribution >= 4 is 5.78 Å². The molecule has 0 amide bonds. The molecule has 0 radical (unpaired) electrons. The molecule has 0 N–H and O–H groups in total. The van der Waals surface area contributed by atoms with Gasteiger partial charge in [0.05, 0.1) is 0 Å². The first-order valence-corrected chi connectivity index (χ1v) is 9.53. The van der Waals surface area contributed by atoms with Gasteiger partial charge in [-0.15, -0.1) is 0 Å². The normalized spacial score (nSPS) is 23.7. The van der Waals surface area contributed by atoms with E-state index in [0.29, 0.717) is 24.0 Å². The van der Waals surface area contributed by atoms with Gasteiger partial charge in [-0.1, -0.05) is 78.9 Å². The SMILES string of the molecule is O=C1Cc2ccccc2C1C1Cc2ccccc2C1Cc1ccccc1. The molecule has 2 aliphatic carbocycles. The van der Waals surface area contributed by atoms with E-state index in [0.717, 1.165) is 12.8 Å². The van der Waals surface area contributed by atoms with Gasteiger partial charge in [-0.3, -0.25) is 4.79 Å². The van der Waals surface area contributed by atoms with Gasteiger partial charge in [-0.05, 0) is 52.5 Å². The first-order chi connectivity index (χ1) is 12.8. The van der Waals surface area contributed by atoms with Gasteiger partial charge < -0.3 is 0 Å². The summed E-state index contributed by atoms with van der Waals surface area (Å²) in [6.07, 6.45) is 2.62. The fourth-order valence-corrected chi connectivity index (χ4v) is 5.13. The zero-order valence-corrected chi connectivity index (χ0v) is 14.8. The maximum atomic E-state index is 13.0. The van der Waals surface area contributed by atoms with E-state index in [-0.39, 0.29) is 5.92 Å². The summed E-state index contributed by atoms with van der Waals surface area (Å²) in [5.74, 6) is 1.23. The predicted octanol–water partition coefficient (Wildman–Crippen LogP) is 5.09. The van der Waals surface area contributed by atoms with E-state index in [1.54, 1.807) is 0 Å². The summed E-state index contributed by atoms with van der Waals surface area (Å²) >= 11 is 0. The number of Topliss-reactive ketones (excluding diaryl/α,β-unsaturated/α-hetero) is 1. The predicted molar refractivity (Wildman–Crippen MR) is 104 cm³/mol.